The number of rotatable bonds is 7. The van der Waals surface area contributed by atoms with E-state index >= 15 is 0 Å². The molecule has 0 spiro atoms. The molecular formula is C15H18Cl3NO4. The Hall–Kier alpha value is -1.17. The summed E-state index contributed by atoms with van der Waals surface area (Å²) in [5, 5.41) is 2.53. The van der Waals surface area contributed by atoms with Crippen molar-refractivity contribution >= 4 is 47.0 Å². The Morgan fingerprint density at radius 2 is 1.96 bits per heavy atom. The van der Waals surface area contributed by atoms with Gasteiger partial charge in [-0.1, -0.05) is 48.7 Å². The minimum absolute atomic E-state index is 0.146. The first kappa shape index (κ1) is 19.9. The van der Waals surface area contributed by atoms with Gasteiger partial charge in [-0.2, -0.15) is 0 Å². The maximum Gasteiger partial charge on any atom is 0.246 e. The fourth-order valence-electron chi connectivity index (χ4n) is 1.74. The zero-order valence-electron chi connectivity index (χ0n) is 12.9. The number of alkyl halides is 3. The number of benzene rings is 1. The second-order valence-electron chi connectivity index (χ2n) is 5.23. The minimum atomic E-state index is -1.89. The zero-order valence-corrected chi connectivity index (χ0v) is 15.2. The molecule has 0 bridgehead atoms. The lowest BCUT2D eigenvalue weighted by Crippen LogP contribution is -2.48. The lowest BCUT2D eigenvalue weighted by molar-refractivity contribution is -0.124. The minimum Gasteiger partial charge on any atom is -0.493 e. The highest BCUT2D eigenvalue weighted by molar-refractivity contribution is 6.68. The number of amides is 1. The summed E-state index contributed by atoms with van der Waals surface area (Å²) in [6, 6.07) is 4.50. The molecule has 8 heteroatoms. The highest BCUT2D eigenvalue weighted by Crippen LogP contribution is 2.35. The van der Waals surface area contributed by atoms with Gasteiger partial charge in [0.15, 0.2) is 11.5 Å². The Morgan fingerprint density at radius 3 is 2.43 bits per heavy atom. The summed E-state index contributed by atoms with van der Waals surface area (Å²) < 4.78 is 8.84. The van der Waals surface area contributed by atoms with Crippen LogP contribution in [0.5, 0.6) is 11.5 Å². The topological polar surface area (TPSA) is 64.6 Å². The number of carbonyl (C=O) groups excluding carboxylic acids is 2. The summed E-state index contributed by atoms with van der Waals surface area (Å²) in [5.74, 6) is 0.360. The molecule has 5 nitrogen and oxygen atoms in total. The van der Waals surface area contributed by atoms with Gasteiger partial charge in [0.1, 0.15) is 6.29 Å². The van der Waals surface area contributed by atoms with Crippen LogP contribution in [0.4, 0.5) is 0 Å². The van der Waals surface area contributed by atoms with Crippen LogP contribution < -0.4 is 14.8 Å². The molecule has 1 amide bonds. The van der Waals surface area contributed by atoms with Crippen molar-refractivity contribution in [3.05, 3.63) is 23.8 Å². The number of ether oxygens (including phenoxy) is 2. The highest BCUT2D eigenvalue weighted by atomic mass is 35.6. The van der Waals surface area contributed by atoms with E-state index in [1.165, 1.54) is 25.3 Å². The molecule has 0 radical (unpaired) electrons. The van der Waals surface area contributed by atoms with Crippen LogP contribution in [0.25, 0.3) is 0 Å². The quantitative estimate of drug-likeness (QED) is 0.443. The van der Waals surface area contributed by atoms with Crippen LogP contribution in [0.2, 0.25) is 0 Å². The summed E-state index contributed by atoms with van der Waals surface area (Å²) in [6.07, 6.45) is -0.278. The van der Waals surface area contributed by atoms with Gasteiger partial charge < -0.3 is 14.8 Å². The van der Waals surface area contributed by atoms with E-state index < -0.39 is 10.0 Å². The third-order valence-corrected chi connectivity index (χ3v) is 3.35. The van der Waals surface area contributed by atoms with E-state index in [2.05, 4.69) is 5.32 Å². The molecule has 1 atom stereocenters. The highest BCUT2D eigenvalue weighted by Gasteiger charge is 2.36. The van der Waals surface area contributed by atoms with Gasteiger partial charge in [-0.15, -0.1) is 0 Å². The molecular weight excluding hydrogens is 365 g/mol. The smallest absolute Gasteiger partial charge is 0.246 e. The predicted molar refractivity (Wildman–Crippen MR) is 90.7 cm³/mol. The van der Waals surface area contributed by atoms with Crippen molar-refractivity contribution in [1.29, 1.82) is 0 Å². The number of methoxy groups -OCH3 is 1. The van der Waals surface area contributed by atoms with Crippen LogP contribution in [0.1, 0.15) is 30.6 Å². The summed E-state index contributed by atoms with van der Waals surface area (Å²) in [7, 11) is 1.42. The summed E-state index contributed by atoms with van der Waals surface area (Å²) in [4.78, 5) is 22.7. The SMILES string of the molecule is COc1cc(C=O)ccc1O[C@H](NC(=O)CC(C)C)C(Cl)(Cl)Cl. The normalized spacial score (nSPS) is 12.7. The Morgan fingerprint density at radius 1 is 1.30 bits per heavy atom. The molecule has 1 aromatic rings. The lowest BCUT2D eigenvalue weighted by atomic mass is 10.1. The zero-order chi connectivity index (χ0) is 17.6. The predicted octanol–water partition coefficient (Wildman–Crippen LogP) is 3.75. The first-order chi connectivity index (χ1) is 10.7. The van der Waals surface area contributed by atoms with E-state index in [1.54, 1.807) is 0 Å². The van der Waals surface area contributed by atoms with Gasteiger partial charge in [0.2, 0.25) is 15.9 Å². The Balaban J connectivity index is 2.98. The summed E-state index contributed by atoms with van der Waals surface area (Å²) >= 11 is 17.6. The first-order valence-electron chi connectivity index (χ1n) is 6.83. The van der Waals surface area contributed by atoms with Crippen LogP contribution in [-0.4, -0.2) is 29.3 Å². The number of carbonyl (C=O) groups is 2. The van der Waals surface area contributed by atoms with Crippen LogP contribution in [0.3, 0.4) is 0 Å². The van der Waals surface area contributed by atoms with Crippen molar-refractivity contribution in [2.45, 2.75) is 30.3 Å². The molecule has 23 heavy (non-hydrogen) atoms. The second kappa shape index (κ2) is 8.62. The van der Waals surface area contributed by atoms with Crippen molar-refractivity contribution in [1.82, 2.24) is 5.32 Å². The Labute approximate surface area is 150 Å². The van der Waals surface area contributed by atoms with E-state index in [-0.39, 0.29) is 29.7 Å². The fraction of sp³-hybridized carbons (Fsp3) is 0.467. The van der Waals surface area contributed by atoms with E-state index in [0.717, 1.165) is 0 Å². The molecule has 1 rings (SSSR count). The largest absolute Gasteiger partial charge is 0.493 e. The van der Waals surface area contributed by atoms with Crippen LogP contribution >= 0.6 is 34.8 Å². The maximum absolute atomic E-state index is 11.9. The number of hydrogen-bond donors (Lipinski definition) is 1. The van der Waals surface area contributed by atoms with Crippen molar-refractivity contribution in [3.8, 4) is 11.5 Å². The first-order valence-corrected chi connectivity index (χ1v) is 7.96. The molecule has 0 aliphatic rings. The average molecular weight is 383 g/mol. The van der Waals surface area contributed by atoms with E-state index in [9.17, 15) is 9.59 Å². The third kappa shape index (κ3) is 6.45. The molecule has 0 aromatic heterocycles. The maximum atomic E-state index is 11.9. The van der Waals surface area contributed by atoms with Gasteiger partial charge in [0, 0.05) is 12.0 Å². The van der Waals surface area contributed by atoms with Gasteiger partial charge in [0.25, 0.3) is 0 Å². The number of hydrogen-bond acceptors (Lipinski definition) is 4. The van der Waals surface area contributed by atoms with E-state index in [1.807, 2.05) is 13.8 Å². The van der Waals surface area contributed by atoms with Gasteiger partial charge in [0.05, 0.1) is 7.11 Å². The standard InChI is InChI=1S/C15H18Cl3NO4/c1-9(2)6-13(21)19-14(15(16,17)18)23-11-5-4-10(8-20)7-12(11)22-3/h4-5,7-9,14H,6H2,1-3H3,(H,19,21)/t14-/m0/s1. The molecule has 0 aliphatic carbocycles. The van der Waals surface area contributed by atoms with E-state index in [4.69, 9.17) is 44.3 Å². The van der Waals surface area contributed by atoms with Crippen LogP contribution in [-0.2, 0) is 4.79 Å². The molecule has 0 fully saturated rings. The van der Waals surface area contributed by atoms with Crippen molar-refractivity contribution < 1.29 is 19.1 Å². The molecule has 1 aromatic carbocycles. The van der Waals surface area contributed by atoms with Crippen molar-refractivity contribution in [2.75, 3.05) is 7.11 Å². The molecule has 0 heterocycles. The molecule has 1 N–H and O–H groups in total. The van der Waals surface area contributed by atoms with Gasteiger partial charge in [-0.25, -0.2) is 0 Å². The molecule has 0 saturated carbocycles. The van der Waals surface area contributed by atoms with Gasteiger partial charge in [-0.05, 0) is 24.1 Å². The number of nitrogens with one attached hydrogen (secondary N) is 1. The molecule has 0 unspecified atom stereocenters. The molecule has 128 valence electrons. The Bertz CT molecular complexity index is 558. The van der Waals surface area contributed by atoms with Gasteiger partial charge in [-0.3, -0.25) is 9.59 Å². The number of aldehydes is 1. The monoisotopic (exact) mass is 381 g/mol. The van der Waals surface area contributed by atoms with Crippen molar-refractivity contribution in [3.63, 3.8) is 0 Å². The summed E-state index contributed by atoms with van der Waals surface area (Å²) in [5.41, 5.74) is 0.406. The van der Waals surface area contributed by atoms with Crippen molar-refractivity contribution in [2.24, 2.45) is 5.92 Å². The number of halogens is 3. The van der Waals surface area contributed by atoms with E-state index in [0.29, 0.717) is 11.8 Å². The lowest BCUT2D eigenvalue weighted by Gasteiger charge is -2.27. The Kier molecular flexibility index (Phi) is 7.45. The molecule has 0 saturated heterocycles. The summed E-state index contributed by atoms with van der Waals surface area (Å²) in [6.45, 7) is 3.79. The average Bonchev–Trinajstić information content (AvgIpc) is 2.45. The van der Waals surface area contributed by atoms with Crippen LogP contribution in [0, 0.1) is 5.92 Å². The van der Waals surface area contributed by atoms with Gasteiger partial charge >= 0.3 is 0 Å². The second-order valence-corrected chi connectivity index (χ2v) is 7.60. The third-order valence-electron chi connectivity index (χ3n) is 2.75. The van der Waals surface area contributed by atoms with Crippen LogP contribution in [0.15, 0.2) is 18.2 Å². The fourth-order valence-corrected chi connectivity index (χ4v) is 2.03. The molecule has 0 aliphatic heterocycles.